The Morgan fingerprint density at radius 2 is 2.25 bits per heavy atom. The number of nitrogens with one attached hydrogen (secondary N) is 1. The highest BCUT2D eigenvalue weighted by Crippen LogP contribution is 2.20. The van der Waals surface area contributed by atoms with E-state index < -0.39 is 6.61 Å². The second-order valence-corrected chi connectivity index (χ2v) is 4.09. The smallest absolute Gasteiger partial charge is 0.387 e. The Hall–Kier alpha value is -2.44. The standard InChI is InChI=1S/C13H13F2N3O2/c1-9(17-13(19)18-6-5-16-8-18)10-3-2-4-11(7-10)20-12(14)15/h2-9,12H,1H3,(H,17,19). The quantitative estimate of drug-likeness (QED) is 0.937. The Labute approximate surface area is 114 Å². The van der Waals surface area contributed by atoms with Gasteiger partial charge in [0, 0.05) is 12.4 Å². The van der Waals surface area contributed by atoms with E-state index in [1.165, 1.54) is 35.4 Å². The Bertz CT molecular complexity index is 573. The third-order valence-corrected chi connectivity index (χ3v) is 2.66. The van der Waals surface area contributed by atoms with Gasteiger partial charge in [0.1, 0.15) is 12.1 Å². The van der Waals surface area contributed by atoms with Crippen LogP contribution in [0.2, 0.25) is 0 Å². The maximum Gasteiger partial charge on any atom is 0.387 e. The van der Waals surface area contributed by atoms with Crippen molar-refractivity contribution in [3.05, 3.63) is 48.5 Å². The molecule has 0 radical (unpaired) electrons. The summed E-state index contributed by atoms with van der Waals surface area (Å²) in [5, 5.41) is 2.72. The lowest BCUT2D eigenvalue weighted by Crippen LogP contribution is -2.30. The molecule has 2 rings (SSSR count). The molecule has 0 aliphatic carbocycles. The van der Waals surface area contributed by atoms with E-state index in [0.29, 0.717) is 5.56 Å². The van der Waals surface area contributed by atoms with Crippen molar-refractivity contribution < 1.29 is 18.3 Å². The van der Waals surface area contributed by atoms with Crippen LogP contribution in [0.5, 0.6) is 5.75 Å². The molecular formula is C13H13F2N3O2. The van der Waals surface area contributed by atoms with E-state index in [9.17, 15) is 13.6 Å². The first-order valence-electron chi connectivity index (χ1n) is 5.90. The summed E-state index contributed by atoms with van der Waals surface area (Å²) in [6.07, 6.45) is 4.37. The largest absolute Gasteiger partial charge is 0.435 e. The predicted molar refractivity (Wildman–Crippen MR) is 67.6 cm³/mol. The van der Waals surface area contributed by atoms with Gasteiger partial charge in [-0.1, -0.05) is 12.1 Å². The molecule has 1 heterocycles. The van der Waals surface area contributed by atoms with Crippen LogP contribution in [0.25, 0.3) is 0 Å². The normalized spacial score (nSPS) is 12.2. The zero-order valence-electron chi connectivity index (χ0n) is 10.7. The minimum atomic E-state index is -2.87. The monoisotopic (exact) mass is 281 g/mol. The van der Waals surface area contributed by atoms with Crippen molar-refractivity contribution in [3.63, 3.8) is 0 Å². The van der Waals surface area contributed by atoms with Gasteiger partial charge in [0.25, 0.3) is 0 Å². The van der Waals surface area contributed by atoms with Crippen molar-refractivity contribution in [1.29, 1.82) is 0 Å². The minimum absolute atomic E-state index is 0.0567. The van der Waals surface area contributed by atoms with E-state index in [4.69, 9.17) is 0 Å². The van der Waals surface area contributed by atoms with Gasteiger partial charge < -0.3 is 10.1 Å². The molecule has 0 bridgehead atoms. The maximum atomic E-state index is 12.1. The first-order chi connectivity index (χ1) is 9.56. The zero-order chi connectivity index (χ0) is 14.5. The molecular weight excluding hydrogens is 268 g/mol. The maximum absolute atomic E-state index is 12.1. The molecule has 106 valence electrons. The minimum Gasteiger partial charge on any atom is -0.435 e. The van der Waals surface area contributed by atoms with Crippen LogP contribution in [0.15, 0.2) is 43.0 Å². The van der Waals surface area contributed by atoms with Crippen LogP contribution in [-0.4, -0.2) is 22.2 Å². The number of amides is 1. The second-order valence-electron chi connectivity index (χ2n) is 4.09. The molecule has 1 aromatic heterocycles. The predicted octanol–water partition coefficient (Wildman–Crippen LogP) is 2.80. The fraction of sp³-hybridized carbons (Fsp3) is 0.231. The van der Waals surface area contributed by atoms with Crippen molar-refractivity contribution in [1.82, 2.24) is 14.9 Å². The number of nitrogens with zero attached hydrogens (tertiary/aromatic N) is 2. The van der Waals surface area contributed by atoms with Crippen molar-refractivity contribution >= 4 is 6.03 Å². The molecule has 2 aromatic rings. The van der Waals surface area contributed by atoms with Crippen molar-refractivity contribution in [2.24, 2.45) is 0 Å². The summed E-state index contributed by atoms with van der Waals surface area (Å²) >= 11 is 0. The lowest BCUT2D eigenvalue weighted by Gasteiger charge is -2.15. The fourth-order valence-corrected chi connectivity index (χ4v) is 1.68. The summed E-state index contributed by atoms with van der Waals surface area (Å²) in [5.74, 6) is 0.0567. The molecule has 5 nitrogen and oxygen atoms in total. The van der Waals surface area contributed by atoms with E-state index >= 15 is 0 Å². The van der Waals surface area contributed by atoms with Crippen LogP contribution in [0.3, 0.4) is 0 Å². The Kier molecular flexibility index (Phi) is 4.29. The molecule has 1 amide bonds. The molecule has 0 saturated carbocycles. The van der Waals surface area contributed by atoms with Crippen LogP contribution in [0.4, 0.5) is 13.6 Å². The summed E-state index contributed by atoms with van der Waals surface area (Å²) in [6, 6.07) is 5.50. The van der Waals surface area contributed by atoms with Crippen LogP contribution >= 0.6 is 0 Å². The number of carbonyl (C=O) groups excluding carboxylic acids is 1. The number of ether oxygens (including phenoxy) is 1. The molecule has 7 heteroatoms. The number of aromatic nitrogens is 2. The van der Waals surface area contributed by atoms with E-state index in [1.54, 1.807) is 19.1 Å². The number of rotatable bonds is 4. The topological polar surface area (TPSA) is 56.2 Å². The fourth-order valence-electron chi connectivity index (χ4n) is 1.68. The Morgan fingerprint density at radius 3 is 2.90 bits per heavy atom. The lowest BCUT2D eigenvalue weighted by molar-refractivity contribution is -0.0499. The zero-order valence-corrected chi connectivity index (χ0v) is 10.7. The highest BCUT2D eigenvalue weighted by Gasteiger charge is 2.12. The molecule has 0 saturated heterocycles. The second kappa shape index (κ2) is 6.14. The molecule has 1 atom stereocenters. The number of alkyl halides is 2. The van der Waals surface area contributed by atoms with E-state index in [1.807, 2.05) is 0 Å². The summed E-state index contributed by atoms with van der Waals surface area (Å²) in [6.45, 7) is -1.13. The molecule has 1 N–H and O–H groups in total. The number of halogens is 2. The highest BCUT2D eigenvalue weighted by atomic mass is 19.3. The molecule has 1 aromatic carbocycles. The van der Waals surface area contributed by atoms with Gasteiger partial charge in [-0.3, -0.25) is 4.57 Å². The van der Waals surface area contributed by atoms with E-state index in [0.717, 1.165) is 0 Å². The molecule has 0 spiro atoms. The van der Waals surface area contributed by atoms with Crippen LogP contribution in [0.1, 0.15) is 18.5 Å². The van der Waals surface area contributed by atoms with Gasteiger partial charge in [-0.05, 0) is 24.6 Å². The summed E-state index contributed by atoms with van der Waals surface area (Å²) in [4.78, 5) is 15.6. The lowest BCUT2D eigenvalue weighted by atomic mass is 10.1. The number of hydrogen-bond donors (Lipinski definition) is 1. The third kappa shape index (κ3) is 3.53. The Balaban J connectivity index is 2.05. The summed E-state index contributed by atoms with van der Waals surface area (Å²) in [7, 11) is 0. The van der Waals surface area contributed by atoms with Crippen molar-refractivity contribution in [2.75, 3.05) is 0 Å². The molecule has 0 aliphatic heterocycles. The van der Waals surface area contributed by atoms with Gasteiger partial charge in [0.2, 0.25) is 0 Å². The Morgan fingerprint density at radius 1 is 1.45 bits per heavy atom. The third-order valence-electron chi connectivity index (χ3n) is 2.66. The van der Waals surface area contributed by atoms with Gasteiger partial charge in [0.05, 0.1) is 6.04 Å². The molecule has 0 aliphatic rings. The van der Waals surface area contributed by atoms with Gasteiger partial charge in [-0.15, -0.1) is 0 Å². The molecule has 0 fully saturated rings. The highest BCUT2D eigenvalue weighted by molar-refractivity contribution is 5.76. The number of carbonyl (C=O) groups is 1. The number of hydrogen-bond acceptors (Lipinski definition) is 3. The number of imidazole rings is 1. The van der Waals surface area contributed by atoms with Gasteiger partial charge >= 0.3 is 12.6 Å². The van der Waals surface area contributed by atoms with Crippen LogP contribution in [0, 0.1) is 0 Å². The first kappa shape index (κ1) is 14.0. The average molecular weight is 281 g/mol. The molecule has 1 unspecified atom stereocenters. The summed E-state index contributed by atoms with van der Waals surface area (Å²) < 4.78 is 29.9. The van der Waals surface area contributed by atoms with Crippen LogP contribution in [-0.2, 0) is 0 Å². The van der Waals surface area contributed by atoms with E-state index in [2.05, 4.69) is 15.0 Å². The SMILES string of the molecule is CC(NC(=O)n1ccnc1)c1cccc(OC(F)F)c1. The van der Waals surface area contributed by atoms with E-state index in [-0.39, 0.29) is 17.8 Å². The van der Waals surface area contributed by atoms with Gasteiger partial charge in [-0.2, -0.15) is 8.78 Å². The average Bonchev–Trinajstić information content (AvgIpc) is 2.92. The summed E-state index contributed by atoms with van der Waals surface area (Å²) in [5.41, 5.74) is 0.664. The van der Waals surface area contributed by atoms with Crippen molar-refractivity contribution in [2.45, 2.75) is 19.6 Å². The van der Waals surface area contributed by atoms with Gasteiger partial charge in [-0.25, -0.2) is 9.78 Å². The van der Waals surface area contributed by atoms with Crippen molar-refractivity contribution in [3.8, 4) is 5.75 Å². The first-order valence-corrected chi connectivity index (χ1v) is 5.90. The van der Waals surface area contributed by atoms with Gasteiger partial charge in [0.15, 0.2) is 0 Å². The molecule has 20 heavy (non-hydrogen) atoms. The van der Waals surface area contributed by atoms with Crippen LogP contribution < -0.4 is 10.1 Å². The number of benzene rings is 1.